The lowest BCUT2D eigenvalue weighted by atomic mass is 10.2. The average molecular weight is 364 g/mol. The number of hydrogen-bond acceptors (Lipinski definition) is 3. The Morgan fingerprint density at radius 2 is 1.73 bits per heavy atom. The van der Waals surface area contributed by atoms with E-state index in [9.17, 15) is 4.79 Å². The van der Waals surface area contributed by atoms with E-state index in [1.54, 1.807) is 23.7 Å². The van der Waals surface area contributed by atoms with Crippen LogP contribution in [-0.2, 0) is 6.54 Å². The molecule has 0 radical (unpaired) electrons. The molecule has 0 spiro atoms. The fourth-order valence-corrected chi connectivity index (χ4v) is 3.06. The molecule has 0 aromatic carbocycles. The van der Waals surface area contributed by atoms with E-state index in [1.165, 1.54) is 0 Å². The zero-order valence-electron chi connectivity index (χ0n) is 17.2. The van der Waals surface area contributed by atoms with Crippen molar-refractivity contribution in [2.45, 2.75) is 65.6 Å². The largest absolute Gasteiger partial charge is 0.356 e. The third-order valence-electron chi connectivity index (χ3n) is 4.45. The molecule has 0 saturated heterocycles. The highest BCUT2D eigenvalue weighted by molar-refractivity contribution is 5.79. The van der Waals surface area contributed by atoms with E-state index in [0.29, 0.717) is 12.1 Å². The zero-order valence-corrected chi connectivity index (χ0v) is 17.2. The van der Waals surface area contributed by atoms with Crippen LogP contribution in [0.15, 0.2) is 34.2 Å². The van der Waals surface area contributed by atoms with E-state index < -0.39 is 0 Å². The molecule has 1 heterocycles. The van der Waals surface area contributed by atoms with E-state index >= 15 is 0 Å². The molecule has 1 rings (SSSR count). The van der Waals surface area contributed by atoms with Gasteiger partial charge in [0.05, 0.1) is 0 Å². The number of unbranched alkanes of at least 4 members (excludes halogenated alkanes) is 1. The van der Waals surface area contributed by atoms with Crippen molar-refractivity contribution in [1.82, 2.24) is 20.1 Å². The Labute approximate surface area is 158 Å². The predicted octanol–water partition coefficient (Wildman–Crippen LogP) is 2.30. The molecule has 6 nitrogen and oxygen atoms in total. The predicted molar refractivity (Wildman–Crippen MR) is 111 cm³/mol. The van der Waals surface area contributed by atoms with Crippen LogP contribution >= 0.6 is 0 Å². The van der Waals surface area contributed by atoms with Crippen LogP contribution in [0.4, 0.5) is 0 Å². The van der Waals surface area contributed by atoms with Crippen LogP contribution in [0.2, 0.25) is 0 Å². The van der Waals surface area contributed by atoms with Gasteiger partial charge in [-0.2, -0.15) is 0 Å². The molecular weight excluding hydrogens is 326 g/mol. The number of pyridine rings is 1. The van der Waals surface area contributed by atoms with Crippen molar-refractivity contribution >= 4 is 5.96 Å². The van der Waals surface area contributed by atoms with Crippen molar-refractivity contribution < 1.29 is 0 Å². The van der Waals surface area contributed by atoms with Crippen LogP contribution in [0.25, 0.3) is 0 Å². The Kier molecular flexibility index (Phi) is 10.7. The van der Waals surface area contributed by atoms with Crippen molar-refractivity contribution in [2.24, 2.45) is 4.99 Å². The fraction of sp³-hybridized carbons (Fsp3) is 0.700. The molecule has 0 amide bonds. The monoisotopic (exact) mass is 363 g/mol. The van der Waals surface area contributed by atoms with E-state index in [4.69, 9.17) is 0 Å². The minimum Gasteiger partial charge on any atom is -0.356 e. The van der Waals surface area contributed by atoms with Gasteiger partial charge >= 0.3 is 0 Å². The van der Waals surface area contributed by atoms with Crippen LogP contribution in [0.1, 0.15) is 47.0 Å². The molecular formula is C20H37N5O. The number of rotatable bonds is 11. The highest BCUT2D eigenvalue weighted by Gasteiger charge is 2.12. The van der Waals surface area contributed by atoms with Crippen LogP contribution in [0, 0.1) is 0 Å². The van der Waals surface area contributed by atoms with E-state index in [0.717, 1.165) is 51.4 Å². The second-order valence-electron chi connectivity index (χ2n) is 7.14. The standard InChI is InChI=1S/C20H37N5O/c1-17(2)25(18(3)4)16-10-13-23-20(21-5)22-12-7-9-15-24-14-8-6-11-19(24)26/h6,8,11,14,17-18H,7,9-10,12-13,15-16H2,1-5H3,(H2,21,22,23). The summed E-state index contributed by atoms with van der Waals surface area (Å²) in [6, 6.07) is 6.42. The Balaban J connectivity index is 2.17. The topological polar surface area (TPSA) is 61.7 Å². The van der Waals surface area contributed by atoms with Crippen molar-refractivity contribution in [2.75, 3.05) is 26.7 Å². The molecule has 0 saturated carbocycles. The quantitative estimate of drug-likeness (QED) is 0.360. The van der Waals surface area contributed by atoms with Crippen molar-refractivity contribution in [1.29, 1.82) is 0 Å². The molecule has 0 unspecified atom stereocenters. The molecule has 26 heavy (non-hydrogen) atoms. The summed E-state index contributed by atoms with van der Waals surface area (Å²) in [7, 11) is 1.80. The summed E-state index contributed by atoms with van der Waals surface area (Å²) >= 11 is 0. The molecule has 0 atom stereocenters. The second kappa shape index (κ2) is 12.5. The van der Waals surface area contributed by atoms with Crippen LogP contribution < -0.4 is 16.2 Å². The number of guanidine groups is 1. The molecule has 0 aliphatic carbocycles. The normalized spacial score (nSPS) is 12.2. The second-order valence-corrected chi connectivity index (χ2v) is 7.14. The Morgan fingerprint density at radius 1 is 1.08 bits per heavy atom. The van der Waals surface area contributed by atoms with Gasteiger partial charge in [0.25, 0.3) is 0 Å². The van der Waals surface area contributed by atoms with Gasteiger partial charge < -0.3 is 15.2 Å². The smallest absolute Gasteiger partial charge is 0.250 e. The van der Waals surface area contributed by atoms with E-state index in [-0.39, 0.29) is 5.56 Å². The first-order valence-electron chi connectivity index (χ1n) is 9.81. The van der Waals surface area contributed by atoms with Gasteiger partial charge in [-0.1, -0.05) is 6.07 Å². The number of hydrogen-bond donors (Lipinski definition) is 2. The molecule has 1 aromatic heterocycles. The van der Waals surface area contributed by atoms with Crippen LogP contribution in [-0.4, -0.2) is 54.2 Å². The van der Waals surface area contributed by atoms with E-state index in [2.05, 4.69) is 48.2 Å². The fourth-order valence-electron chi connectivity index (χ4n) is 3.06. The summed E-state index contributed by atoms with van der Waals surface area (Å²) < 4.78 is 1.75. The van der Waals surface area contributed by atoms with Gasteiger partial charge in [-0.15, -0.1) is 0 Å². The van der Waals surface area contributed by atoms with Crippen molar-refractivity contribution in [3.8, 4) is 0 Å². The molecule has 148 valence electrons. The highest BCUT2D eigenvalue weighted by atomic mass is 16.1. The molecule has 0 fully saturated rings. The number of aryl methyl sites for hydroxylation is 1. The number of aliphatic imine (C=N–C) groups is 1. The first kappa shape index (κ1) is 22.2. The molecule has 6 heteroatoms. The van der Waals surface area contributed by atoms with Gasteiger partial charge in [0.2, 0.25) is 5.56 Å². The average Bonchev–Trinajstić information content (AvgIpc) is 2.60. The molecule has 0 aliphatic rings. The summed E-state index contributed by atoms with van der Waals surface area (Å²) in [5, 5.41) is 6.72. The first-order chi connectivity index (χ1) is 12.5. The maximum atomic E-state index is 11.6. The molecule has 1 aromatic rings. The van der Waals surface area contributed by atoms with Gasteiger partial charge in [0, 0.05) is 57.6 Å². The van der Waals surface area contributed by atoms with E-state index in [1.807, 2.05) is 12.3 Å². The number of aromatic nitrogens is 1. The third kappa shape index (κ3) is 8.52. The minimum absolute atomic E-state index is 0.0646. The van der Waals surface area contributed by atoms with Crippen molar-refractivity contribution in [3.05, 3.63) is 34.7 Å². The number of nitrogens with one attached hydrogen (secondary N) is 2. The Morgan fingerprint density at radius 3 is 2.31 bits per heavy atom. The van der Waals surface area contributed by atoms with Crippen LogP contribution in [0.5, 0.6) is 0 Å². The minimum atomic E-state index is 0.0646. The van der Waals surface area contributed by atoms with Gasteiger partial charge in [-0.25, -0.2) is 0 Å². The molecule has 2 N–H and O–H groups in total. The summed E-state index contributed by atoms with van der Waals surface area (Å²) in [6.07, 6.45) is 4.89. The van der Waals surface area contributed by atoms with Gasteiger partial charge in [-0.05, 0) is 53.0 Å². The summed E-state index contributed by atoms with van der Waals surface area (Å²) in [6.45, 7) is 12.6. The zero-order chi connectivity index (χ0) is 19.4. The summed E-state index contributed by atoms with van der Waals surface area (Å²) in [5.41, 5.74) is 0.0646. The first-order valence-corrected chi connectivity index (χ1v) is 9.81. The lowest BCUT2D eigenvalue weighted by Gasteiger charge is -2.30. The lowest BCUT2D eigenvalue weighted by molar-refractivity contribution is 0.173. The SMILES string of the molecule is CN=C(NCCCCn1ccccc1=O)NCCCN(C(C)C)C(C)C. The summed E-state index contributed by atoms with van der Waals surface area (Å²) in [4.78, 5) is 18.4. The third-order valence-corrected chi connectivity index (χ3v) is 4.45. The van der Waals surface area contributed by atoms with Crippen molar-refractivity contribution in [3.63, 3.8) is 0 Å². The van der Waals surface area contributed by atoms with Crippen LogP contribution in [0.3, 0.4) is 0 Å². The molecule has 0 bridgehead atoms. The maximum absolute atomic E-state index is 11.6. The van der Waals surface area contributed by atoms with Gasteiger partial charge in [0.15, 0.2) is 5.96 Å². The highest BCUT2D eigenvalue weighted by Crippen LogP contribution is 2.05. The Hall–Kier alpha value is -1.82. The Bertz CT molecular complexity index is 572. The lowest BCUT2D eigenvalue weighted by Crippen LogP contribution is -2.41. The summed E-state index contributed by atoms with van der Waals surface area (Å²) in [5.74, 6) is 0.850. The van der Waals surface area contributed by atoms with Gasteiger partial charge in [0.1, 0.15) is 0 Å². The van der Waals surface area contributed by atoms with Gasteiger partial charge in [-0.3, -0.25) is 14.7 Å². The number of nitrogens with zero attached hydrogens (tertiary/aromatic N) is 3. The molecule has 0 aliphatic heterocycles. The maximum Gasteiger partial charge on any atom is 0.250 e.